The number of rotatable bonds is 6. The maximum Gasteiger partial charge on any atom is 0.232 e. The van der Waals surface area contributed by atoms with Crippen LogP contribution in [0.5, 0.6) is 5.88 Å². The third-order valence-electron chi connectivity index (χ3n) is 2.43. The Morgan fingerprint density at radius 2 is 2.00 bits per heavy atom. The van der Waals surface area contributed by atoms with Gasteiger partial charge in [0.15, 0.2) is 0 Å². The van der Waals surface area contributed by atoms with Gasteiger partial charge in [0, 0.05) is 18.3 Å². The lowest BCUT2D eigenvalue weighted by atomic mass is 10.3. The molecular weight excluding hydrogens is 263 g/mol. The van der Waals surface area contributed by atoms with E-state index in [1.54, 1.807) is 18.2 Å². The predicted octanol–water partition coefficient (Wildman–Crippen LogP) is 1.77. The largest absolute Gasteiger partial charge is 0.481 e. The number of aromatic nitrogens is 2. The number of nitrogens with one attached hydrogen (secondary N) is 2. The monoisotopic (exact) mass is 278 g/mol. The van der Waals surface area contributed by atoms with Gasteiger partial charge < -0.3 is 20.5 Å². The molecule has 0 aliphatic carbocycles. The first kappa shape index (κ1) is 14.0. The highest BCUT2D eigenvalue weighted by molar-refractivity contribution is 5.55. The number of nitrogens with zero attached hydrogens (tertiary/aromatic N) is 2. The van der Waals surface area contributed by atoms with E-state index in [2.05, 4.69) is 20.6 Å². The Morgan fingerprint density at radius 1 is 1.25 bits per heavy atom. The topological polar surface area (TPSA) is 79.3 Å². The molecule has 1 aromatic heterocycles. The molecule has 0 aliphatic heterocycles. The second-order valence-electron chi connectivity index (χ2n) is 3.90. The lowest BCUT2D eigenvalue weighted by Gasteiger charge is -2.10. The summed E-state index contributed by atoms with van der Waals surface area (Å²) in [7, 11) is 1.50. The maximum atomic E-state index is 12.8. The van der Waals surface area contributed by atoms with Crippen LogP contribution in [0.3, 0.4) is 0 Å². The average molecular weight is 278 g/mol. The first-order chi connectivity index (χ1) is 9.71. The van der Waals surface area contributed by atoms with Gasteiger partial charge in [-0.2, -0.15) is 9.97 Å². The zero-order chi connectivity index (χ0) is 14.4. The average Bonchev–Trinajstić information content (AvgIpc) is 2.47. The number of aliphatic hydroxyl groups is 1. The molecule has 0 saturated carbocycles. The summed E-state index contributed by atoms with van der Waals surface area (Å²) < 4.78 is 17.9. The third kappa shape index (κ3) is 3.79. The van der Waals surface area contributed by atoms with Gasteiger partial charge in [-0.15, -0.1) is 0 Å². The van der Waals surface area contributed by atoms with Gasteiger partial charge in [-0.3, -0.25) is 0 Å². The Kier molecular flexibility index (Phi) is 4.67. The number of halogens is 1. The van der Waals surface area contributed by atoms with Crippen molar-refractivity contribution in [2.45, 2.75) is 0 Å². The molecule has 0 unspecified atom stereocenters. The maximum absolute atomic E-state index is 12.8. The molecule has 2 aromatic rings. The minimum Gasteiger partial charge on any atom is -0.481 e. The molecule has 0 spiro atoms. The molecule has 1 heterocycles. The van der Waals surface area contributed by atoms with E-state index >= 15 is 0 Å². The van der Waals surface area contributed by atoms with Crippen molar-refractivity contribution in [3.63, 3.8) is 0 Å². The van der Waals surface area contributed by atoms with Crippen LogP contribution in [0.2, 0.25) is 0 Å². The Bertz CT molecular complexity index is 563. The van der Waals surface area contributed by atoms with E-state index in [1.807, 2.05) is 0 Å². The SMILES string of the molecule is COc1cc(NCCO)nc(Nc2ccc(F)cc2)n1. The van der Waals surface area contributed by atoms with Crippen LogP contribution in [-0.2, 0) is 0 Å². The normalized spacial score (nSPS) is 10.2. The highest BCUT2D eigenvalue weighted by Gasteiger charge is 2.05. The van der Waals surface area contributed by atoms with Crippen molar-refractivity contribution >= 4 is 17.5 Å². The standard InChI is InChI=1S/C13H15FN4O2/c1-20-12-8-11(15-6-7-19)17-13(18-12)16-10-4-2-9(14)3-5-10/h2-5,8,19H,6-7H2,1H3,(H2,15,16,17,18). The molecule has 0 bridgehead atoms. The third-order valence-corrected chi connectivity index (χ3v) is 2.43. The van der Waals surface area contributed by atoms with Gasteiger partial charge in [0.2, 0.25) is 11.8 Å². The summed E-state index contributed by atoms with van der Waals surface area (Å²) in [6.07, 6.45) is 0. The Hall–Kier alpha value is -2.41. The Balaban J connectivity index is 2.19. The lowest BCUT2D eigenvalue weighted by molar-refractivity contribution is 0.311. The molecule has 0 radical (unpaired) electrons. The summed E-state index contributed by atoms with van der Waals surface area (Å²) in [5.74, 6) is 0.907. The van der Waals surface area contributed by atoms with E-state index in [1.165, 1.54) is 19.2 Å². The van der Waals surface area contributed by atoms with Crippen molar-refractivity contribution in [2.24, 2.45) is 0 Å². The summed E-state index contributed by atoms with van der Waals surface area (Å²) in [5, 5.41) is 14.7. The molecule has 2 rings (SSSR count). The molecule has 0 atom stereocenters. The predicted molar refractivity (Wildman–Crippen MR) is 73.8 cm³/mol. The smallest absolute Gasteiger partial charge is 0.232 e. The summed E-state index contributed by atoms with van der Waals surface area (Å²) in [6.45, 7) is 0.364. The first-order valence-electron chi connectivity index (χ1n) is 6.01. The highest BCUT2D eigenvalue weighted by Crippen LogP contribution is 2.19. The van der Waals surface area contributed by atoms with E-state index < -0.39 is 0 Å². The van der Waals surface area contributed by atoms with E-state index in [-0.39, 0.29) is 12.4 Å². The molecule has 3 N–H and O–H groups in total. The summed E-state index contributed by atoms with van der Waals surface area (Å²) >= 11 is 0. The molecule has 0 amide bonds. The fraction of sp³-hybridized carbons (Fsp3) is 0.231. The number of benzene rings is 1. The lowest BCUT2D eigenvalue weighted by Crippen LogP contribution is -2.09. The van der Waals surface area contributed by atoms with Crippen molar-refractivity contribution in [2.75, 3.05) is 30.9 Å². The van der Waals surface area contributed by atoms with Gasteiger partial charge in [0.25, 0.3) is 0 Å². The fourth-order valence-electron chi connectivity index (χ4n) is 1.52. The Morgan fingerprint density at radius 3 is 2.65 bits per heavy atom. The molecule has 0 saturated heterocycles. The number of hydrogen-bond acceptors (Lipinski definition) is 6. The summed E-state index contributed by atoms with van der Waals surface area (Å²) in [4.78, 5) is 8.36. The molecule has 0 fully saturated rings. The van der Waals surface area contributed by atoms with E-state index in [0.29, 0.717) is 29.9 Å². The number of aliphatic hydroxyl groups excluding tert-OH is 1. The van der Waals surface area contributed by atoms with Crippen LogP contribution in [0.15, 0.2) is 30.3 Å². The number of hydrogen-bond donors (Lipinski definition) is 3. The zero-order valence-electron chi connectivity index (χ0n) is 10.9. The van der Waals surface area contributed by atoms with Crippen LogP contribution in [0, 0.1) is 5.82 Å². The molecule has 106 valence electrons. The fourth-order valence-corrected chi connectivity index (χ4v) is 1.52. The van der Waals surface area contributed by atoms with Gasteiger partial charge in [-0.05, 0) is 24.3 Å². The van der Waals surface area contributed by atoms with Crippen molar-refractivity contribution < 1.29 is 14.2 Å². The van der Waals surface area contributed by atoms with Crippen molar-refractivity contribution in [3.8, 4) is 5.88 Å². The van der Waals surface area contributed by atoms with E-state index in [0.717, 1.165) is 0 Å². The number of ether oxygens (including phenoxy) is 1. The minimum atomic E-state index is -0.313. The van der Waals surface area contributed by atoms with Crippen LogP contribution < -0.4 is 15.4 Å². The minimum absolute atomic E-state index is 0.00690. The number of methoxy groups -OCH3 is 1. The van der Waals surface area contributed by atoms with Crippen molar-refractivity contribution in [1.29, 1.82) is 0 Å². The van der Waals surface area contributed by atoms with Gasteiger partial charge in [0.05, 0.1) is 13.7 Å². The van der Waals surface area contributed by atoms with Crippen LogP contribution in [0.1, 0.15) is 0 Å². The van der Waals surface area contributed by atoms with Crippen LogP contribution in [0.25, 0.3) is 0 Å². The van der Waals surface area contributed by atoms with Gasteiger partial charge in [-0.1, -0.05) is 0 Å². The van der Waals surface area contributed by atoms with Crippen molar-refractivity contribution in [3.05, 3.63) is 36.1 Å². The van der Waals surface area contributed by atoms with Gasteiger partial charge in [-0.25, -0.2) is 4.39 Å². The molecule has 6 nitrogen and oxygen atoms in total. The molecular formula is C13H15FN4O2. The summed E-state index contributed by atoms with van der Waals surface area (Å²) in [6, 6.07) is 7.46. The van der Waals surface area contributed by atoms with Crippen LogP contribution in [0.4, 0.5) is 21.8 Å². The van der Waals surface area contributed by atoms with Crippen LogP contribution >= 0.6 is 0 Å². The van der Waals surface area contributed by atoms with Gasteiger partial charge in [0.1, 0.15) is 11.6 Å². The quantitative estimate of drug-likeness (QED) is 0.747. The van der Waals surface area contributed by atoms with Crippen molar-refractivity contribution in [1.82, 2.24) is 9.97 Å². The zero-order valence-corrected chi connectivity index (χ0v) is 10.9. The summed E-state index contributed by atoms with van der Waals surface area (Å²) in [5.41, 5.74) is 0.660. The molecule has 0 aliphatic rings. The molecule has 20 heavy (non-hydrogen) atoms. The number of anilines is 3. The highest BCUT2D eigenvalue weighted by atomic mass is 19.1. The Labute approximate surface area is 115 Å². The second-order valence-corrected chi connectivity index (χ2v) is 3.90. The van der Waals surface area contributed by atoms with E-state index in [4.69, 9.17) is 9.84 Å². The second kappa shape index (κ2) is 6.67. The van der Waals surface area contributed by atoms with Crippen LogP contribution in [-0.4, -0.2) is 35.3 Å². The first-order valence-corrected chi connectivity index (χ1v) is 6.01. The van der Waals surface area contributed by atoms with Gasteiger partial charge >= 0.3 is 0 Å². The van der Waals surface area contributed by atoms with E-state index in [9.17, 15) is 4.39 Å². The molecule has 7 heteroatoms. The molecule has 1 aromatic carbocycles.